The van der Waals surface area contributed by atoms with Crippen LogP contribution in [0.3, 0.4) is 0 Å². The molecule has 1 aliphatic rings. The molecule has 1 aliphatic heterocycles. The SMILES string of the molecule is COc1cc(C(=O)N2C[C@H](C(F)(F)F)C[C@@H]2C(=O)NO)cc(SC(F)(F)F)c1OC. The summed E-state index contributed by atoms with van der Waals surface area (Å²) in [6.07, 6.45) is -5.53. The summed E-state index contributed by atoms with van der Waals surface area (Å²) in [4.78, 5) is 24.6. The number of carbonyl (C=O) groups is 2. The fourth-order valence-electron chi connectivity index (χ4n) is 3.04. The monoisotopic (exact) mass is 462 g/mol. The number of amides is 2. The third-order valence-electron chi connectivity index (χ3n) is 4.36. The van der Waals surface area contributed by atoms with Gasteiger partial charge in [0.1, 0.15) is 6.04 Å². The average Bonchev–Trinajstić information content (AvgIpc) is 3.10. The van der Waals surface area contributed by atoms with Gasteiger partial charge in [-0.25, -0.2) is 5.48 Å². The van der Waals surface area contributed by atoms with Crippen molar-refractivity contribution in [3.8, 4) is 11.5 Å². The van der Waals surface area contributed by atoms with E-state index in [-0.39, 0.29) is 11.5 Å². The summed E-state index contributed by atoms with van der Waals surface area (Å²) >= 11 is -0.603. The molecule has 1 aromatic rings. The van der Waals surface area contributed by atoms with Crippen LogP contribution in [0.2, 0.25) is 0 Å². The molecule has 0 aliphatic carbocycles. The Balaban J connectivity index is 2.49. The molecule has 1 fully saturated rings. The lowest BCUT2D eigenvalue weighted by Crippen LogP contribution is -2.45. The first-order valence-electron chi connectivity index (χ1n) is 8.15. The largest absolute Gasteiger partial charge is 0.493 e. The van der Waals surface area contributed by atoms with Crippen molar-refractivity contribution in [3.63, 3.8) is 0 Å². The maximum absolute atomic E-state index is 13.1. The van der Waals surface area contributed by atoms with E-state index in [2.05, 4.69) is 0 Å². The number of nitrogens with zero attached hydrogens (tertiary/aromatic N) is 1. The number of carbonyl (C=O) groups excluding carboxylic acids is 2. The summed E-state index contributed by atoms with van der Waals surface area (Å²) in [7, 11) is 2.18. The highest BCUT2D eigenvalue weighted by atomic mass is 32.2. The molecular formula is C16H16F6N2O5S. The highest BCUT2D eigenvalue weighted by Gasteiger charge is 2.51. The van der Waals surface area contributed by atoms with Crippen LogP contribution in [-0.4, -0.2) is 60.4 Å². The van der Waals surface area contributed by atoms with Gasteiger partial charge in [0.05, 0.1) is 25.0 Å². The highest BCUT2D eigenvalue weighted by Crippen LogP contribution is 2.46. The van der Waals surface area contributed by atoms with Gasteiger partial charge >= 0.3 is 11.7 Å². The molecule has 1 heterocycles. The lowest BCUT2D eigenvalue weighted by Gasteiger charge is -2.24. The van der Waals surface area contributed by atoms with Gasteiger partial charge in [-0.2, -0.15) is 26.3 Å². The van der Waals surface area contributed by atoms with Crippen LogP contribution >= 0.6 is 11.8 Å². The molecule has 1 aromatic carbocycles. The number of nitrogens with one attached hydrogen (secondary N) is 1. The lowest BCUT2D eigenvalue weighted by molar-refractivity contribution is -0.170. The minimum Gasteiger partial charge on any atom is -0.493 e. The summed E-state index contributed by atoms with van der Waals surface area (Å²) in [5.41, 5.74) is -4.00. The lowest BCUT2D eigenvalue weighted by atomic mass is 10.1. The van der Waals surface area contributed by atoms with Gasteiger partial charge in [-0.1, -0.05) is 0 Å². The molecule has 0 unspecified atom stereocenters. The number of rotatable bonds is 5. The zero-order valence-electron chi connectivity index (χ0n) is 15.4. The van der Waals surface area contributed by atoms with Crippen molar-refractivity contribution in [2.24, 2.45) is 5.92 Å². The van der Waals surface area contributed by atoms with Crippen LogP contribution in [0.15, 0.2) is 17.0 Å². The van der Waals surface area contributed by atoms with Gasteiger partial charge in [-0.15, -0.1) is 0 Å². The molecule has 0 saturated carbocycles. The Bertz CT molecular complexity index is 817. The zero-order valence-corrected chi connectivity index (χ0v) is 16.2. The molecular weight excluding hydrogens is 446 g/mol. The number of benzene rings is 1. The third kappa shape index (κ3) is 5.22. The van der Waals surface area contributed by atoms with Crippen molar-refractivity contribution in [3.05, 3.63) is 17.7 Å². The van der Waals surface area contributed by atoms with E-state index in [9.17, 15) is 35.9 Å². The first-order valence-corrected chi connectivity index (χ1v) is 8.97. The summed E-state index contributed by atoms with van der Waals surface area (Å²) in [6, 6.07) is 0.119. The van der Waals surface area contributed by atoms with Crippen molar-refractivity contribution >= 4 is 23.6 Å². The molecule has 30 heavy (non-hydrogen) atoms. The van der Waals surface area contributed by atoms with Crippen LogP contribution in [0.1, 0.15) is 16.8 Å². The smallest absolute Gasteiger partial charge is 0.446 e. The van der Waals surface area contributed by atoms with Gasteiger partial charge in [0.2, 0.25) is 0 Å². The van der Waals surface area contributed by atoms with Crippen LogP contribution < -0.4 is 15.0 Å². The molecule has 2 amide bonds. The number of hydrogen-bond donors (Lipinski definition) is 2. The number of alkyl halides is 6. The van der Waals surface area contributed by atoms with Gasteiger partial charge in [0, 0.05) is 12.1 Å². The van der Waals surface area contributed by atoms with Gasteiger partial charge in [-0.3, -0.25) is 14.8 Å². The highest BCUT2D eigenvalue weighted by molar-refractivity contribution is 8.00. The maximum Gasteiger partial charge on any atom is 0.446 e. The second-order valence-electron chi connectivity index (χ2n) is 6.18. The van der Waals surface area contributed by atoms with E-state index < -0.39 is 70.6 Å². The van der Waals surface area contributed by atoms with E-state index in [0.717, 1.165) is 26.4 Å². The maximum atomic E-state index is 13.1. The Hall–Kier alpha value is -2.35. The first kappa shape index (κ1) is 23.9. The average molecular weight is 462 g/mol. The summed E-state index contributed by atoms with van der Waals surface area (Å²) in [6.45, 7) is -0.906. The number of hydroxylamine groups is 1. The topological polar surface area (TPSA) is 88.1 Å². The van der Waals surface area contributed by atoms with Crippen LogP contribution in [0.25, 0.3) is 0 Å². The molecule has 0 radical (unpaired) electrons. The Morgan fingerprint density at radius 3 is 2.27 bits per heavy atom. The van der Waals surface area contributed by atoms with E-state index in [1.54, 1.807) is 0 Å². The quantitative estimate of drug-likeness (QED) is 0.303. The number of halogens is 6. The molecule has 0 aromatic heterocycles. The van der Waals surface area contributed by atoms with E-state index in [0.29, 0.717) is 4.90 Å². The van der Waals surface area contributed by atoms with Gasteiger partial charge < -0.3 is 14.4 Å². The number of methoxy groups -OCH3 is 2. The number of ether oxygens (including phenoxy) is 2. The van der Waals surface area contributed by atoms with Crippen molar-refractivity contribution in [1.29, 1.82) is 0 Å². The fraction of sp³-hybridized carbons (Fsp3) is 0.500. The molecule has 1 saturated heterocycles. The summed E-state index contributed by atoms with van der Waals surface area (Å²) in [5, 5.41) is 8.79. The second kappa shape index (κ2) is 8.79. The van der Waals surface area contributed by atoms with Gasteiger partial charge in [0.25, 0.3) is 11.8 Å². The Kier molecular flexibility index (Phi) is 7.01. The van der Waals surface area contributed by atoms with E-state index in [1.165, 1.54) is 5.48 Å². The molecule has 2 atom stereocenters. The molecule has 0 bridgehead atoms. The predicted octanol–water partition coefficient (Wildman–Crippen LogP) is 3.21. The standard InChI is InChI=1S/C16H16F6N2O5S/c1-28-10-3-7(4-11(12(10)29-2)30-16(20,21)22)14(26)24-6-8(15(17,18)19)5-9(24)13(25)23-27/h3-4,8-9,27H,5-6H2,1-2H3,(H,23,25)/t8-,9-/m1/s1. The van der Waals surface area contributed by atoms with Crippen molar-refractivity contribution in [2.45, 2.75) is 29.0 Å². The molecule has 2 rings (SSSR count). The summed E-state index contributed by atoms with van der Waals surface area (Å²) in [5.74, 6) is -5.02. The van der Waals surface area contributed by atoms with Crippen molar-refractivity contribution in [2.75, 3.05) is 20.8 Å². The van der Waals surface area contributed by atoms with Crippen molar-refractivity contribution < 1.29 is 50.6 Å². The minimum atomic E-state index is -4.76. The molecule has 7 nitrogen and oxygen atoms in total. The number of hydrogen-bond acceptors (Lipinski definition) is 6. The number of thioether (sulfide) groups is 1. The predicted molar refractivity (Wildman–Crippen MR) is 90.4 cm³/mol. The van der Waals surface area contributed by atoms with Gasteiger partial charge in [-0.05, 0) is 30.3 Å². The Morgan fingerprint density at radius 2 is 1.80 bits per heavy atom. The van der Waals surface area contributed by atoms with Crippen LogP contribution in [0.5, 0.6) is 11.5 Å². The van der Waals surface area contributed by atoms with Crippen LogP contribution in [-0.2, 0) is 4.79 Å². The van der Waals surface area contributed by atoms with Crippen molar-refractivity contribution in [1.82, 2.24) is 10.4 Å². The zero-order chi connectivity index (χ0) is 22.9. The first-order chi connectivity index (χ1) is 13.8. The van der Waals surface area contributed by atoms with E-state index >= 15 is 0 Å². The molecule has 14 heteroatoms. The number of likely N-dealkylation sites (tertiary alicyclic amines) is 1. The second-order valence-corrected chi connectivity index (χ2v) is 7.29. The molecule has 2 N–H and O–H groups in total. The molecule has 168 valence electrons. The van der Waals surface area contributed by atoms with E-state index in [4.69, 9.17) is 14.7 Å². The minimum absolute atomic E-state index is 0.259. The normalized spacial score (nSPS) is 19.6. The van der Waals surface area contributed by atoms with E-state index in [1.807, 2.05) is 0 Å². The van der Waals surface area contributed by atoms with Gasteiger partial charge in [0.15, 0.2) is 11.5 Å². The third-order valence-corrected chi connectivity index (χ3v) is 5.11. The Labute approximate surface area is 170 Å². The van der Waals surface area contributed by atoms with Crippen LogP contribution in [0.4, 0.5) is 26.3 Å². The van der Waals surface area contributed by atoms with Crippen LogP contribution in [0, 0.1) is 5.92 Å². The molecule has 0 spiro atoms. The Morgan fingerprint density at radius 1 is 1.17 bits per heavy atom. The fourth-order valence-corrected chi connectivity index (χ4v) is 3.75. The summed E-state index contributed by atoms with van der Waals surface area (Å²) < 4.78 is 87.8.